The molecule has 98 valence electrons. The van der Waals surface area contributed by atoms with Crippen LogP contribution in [0.5, 0.6) is 0 Å². The fourth-order valence-corrected chi connectivity index (χ4v) is 2.28. The molecule has 2 rings (SSSR count). The molecular formula is C9H12N3O5P. The zero-order chi connectivity index (χ0) is 13.3. The number of ether oxygens (including phenoxy) is 1. The van der Waals surface area contributed by atoms with Gasteiger partial charge in [0.1, 0.15) is 5.82 Å². The molecule has 0 fully saturated rings. The summed E-state index contributed by atoms with van der Waals surface area (Å²) < 4.78 is 17.3. The van der Waals surface area contributed by atoms with Crippen molar-refractivity contribution < 1.29 is 19.1 Å². The molecule has 1 aromatic heterocycles. The van der Waals surface area contributed by atoms with Gasteiger partial charge in [0.15, 0.2) is 6.23 Å². The van der Waals surface area contributed by atoms with Gasteiger partial charge in [-0.1, -0.05) is 6.08 Å². The summed E-state index contributed by atoms with van der Waals surface area (Å²) in [7, 11) is -4.15. The maximum atomic E-state index is 11.5. The molecule has 2 heterocycles. The van der Waals surface area contributed by atoms with Crippen LogP contribution < -0.4 is 11.4 Å². The molecule has 0 aliphatic carbocycles. The topological polar surface area (TPSA) is 128 Å². The van der Waals surface area contributed by atoms with Gasteiger partial charge in [-0.15, -0.1) is 0 Å². The molecule has 0 amide bonds. The van der Waals surface area contributed by atoms with E-state index in [9.17, 15) is 9.36 Å². The summed E-state index contributed by atoms with van der Waals surface area (Å²) in [5.41, 5.74) is 4.77. The standard InChI is InChI=1S/C9H12N3O5P/c10-7-3-4-12(9(13)11-7)8-2-1-6(17-8)5-18(14,15)16/h1-4,6,8H,5H2,(H2,10,11,13)(H2,14,15,16)/t6-,8+/m0/s1. The Morgan fingerprint density at radius 2 is 2.22 bits per heavy atom. The molecule has 0 saturated carbocycles. The summed E-state index contributed by atoms with van der Waals surface area (Å²) in [5.74, 6) is 0.102. The molecule has 8 nitrogen and oxygen atoms in total. The van der Waals surface area contributed by atoms with E-state index < -0.39 is 31.8 Å². The second kappa shape index (κ2) is 4.66. The van der Waals surface area contributed by atoms with Crippen molar-refractivity contribution in [3.63, 3.8) is 0 Å². The third-order valence-corrected chi connectivity index (χ3v) is 3.18. The van der Waals surface area contributed by atoms with E-state index in [1.165, 1.54) is 22.9 Å². The Labute approximate surface area is 102 Å². The minimum Gasteiger partial charge on any atom is -0.383 e. The van der Waals surface area contributed by atoms with E-state index >= 15 is 0 Å². The Balaban J connectivity index is 2.12. The molecule has 0 unspecified atom stereocenters. The number of nitrogens with two attached hydrogens (primary N) is 1. The molecule has 0 saturated heterocycles. The second-order valence-electron chi connectivity index (χ2n) is 3.84. The first-order valence-corrected chi connectivity index (χ1v) is 6.88. The van der Waals surface area contributed by atoms with Gasteiger partial charge < -0.3 is 20.3 Å². The minimum absolute atomic E-state index is 0.102. The van der Waals surface area contributed by atoms with Gasteiger partial charge >= 0.3 is 13.3 Å². The van der Waals surface area contributed by atoms with Crippen molar-refractivity contribution in [1.29, 1.82) is 0 Å². The van der Waals surface area contributed by atoms with Gasteiger partial charge in [-0.3, -0.25) is 9.13 Å². The Bertz CT molecular complexity index is 578. The lowest BCUT2D eigenvalue weighted by atomic mass is 10.4. The molecule has 18 heavy (non-hydrogen) atoms. The van der Waals surface area contributed by atoms with E-state index in [-0.39, 0.29) is 5.82 Å². The van der Waals surface area contributed by atoms with Crippen LogP contribution in [-0.2, 0) is 9.30 Å². The molecule has 9 heteroatoms. The van der Waals surface area contributed by atoms with Crippen molar-refractivity contribution in [2.24, 2.45) is 0 Å². The van der Waals surface area contributed by atoms with Crippen LogP contribution >= 0.6 is 7.60 Å². The van der Waals surface area contributed by atoms with Gasteiger partial charge in [-0.2, -0.15) is 4.98 Å². The van der Waals surface area contributed by atoms with Crippen LogP contribution in [0.25, 0.3) is 0 Å². The molecule has 0 spiro atoms. The SMILES string of the molecule is Nc1ccn([C@H]2C=C[C@@H](CP(=O)(O)O)O2)c(=O)n1. The minimum atomic E-state index is -4.15. The van der Waals surface area contributed by atoms with Gasteiger partial charge in [-0.25, -0.2) is 4.79 Å². The van der Waals surface area contributed by atoms with Crippen LogP contribution in [0.15, 0.2) is 29.2 Å². The Kier molecular flexibility index (Phi) is 3.36. The zero-order valence-electron chi connectivity index (χ0n) is 9.21. The van der Waals surface area contributed by atoms with Crippen LogP contribution in [0.2, 0.25) is 0 Å². The third kappa shape index (κ3) is 3.05. The highest BCUT2D eigenvalue weighted by Crippen LogP contribution is 2.38. The Morgan fingerprint density at radius 1 is 1.50 bits per heavy atom. The molecule has 0 bridgehead atoms. The Morgan fingerprint density at radius 3 is 2.83 bits per heavy atom. The maximum Gasteiger partial charge on any atom is 0.351 e. The highest BCUT2D eigenvalue weighted by atomic mass is 31.2. The lowest BCUT2D eigenvalue weighted by molar-refractivity contribution is 0.0242. The van der Waals surface area contributed by atoms with Crippen molar-refractivity contribution in [2.75, 3.05) is 11.9 Å². The lowest BCUT2D eigenvalue weighted by Crippen LogP contribution is -2.28. The van der Waals surface area contributed by atoms with E-state index in [1.807, 2.05) is 0 Å². The average Bonchev–Trinajstić information content (AvgIpc) is 2.63. The van der Waals surface area contributed by atoms with Gasteiger partial charge in [0.05, 0.1) is 12.3 Å². The number of anilines is 1. The van der Waals surface area contributed by atoms with Crippen LogP contribution in [0.1, 0.15) is 6.23 Å². The molecule has 1 aromatic rings. The largest absolute Gasteiger partial charge is 0.383 e. The van der Waals surface area contributed by atoms with Crippen molar-refractivity contribution >= 4 is 13.4 Å². The molecule has 0 radical (unpaired) electrons. The number of nitrogens with zero attached hydrogens (tertiary/aromatic N) is 2. The summed E-state index contributed by atoms with van der Waals surface area (Å²) in [6.45, 7) is 0. The van der Waals surface area contributed by atoms with Gasteiger partial charge in [0.25, 0.3) is 0 Å². The summed E-state index contributed by atoms with van der Waals surface area (Å²) in [5, 5.41) is 0. The first-order chi connectivity index (χ1) is 8.35. The summed E-state index contributed by atoms with van der Waals surface area (Å²) >= 11 is 0. The Hall–Kier alpha value is -1.47. The monoisotopic (exact) mass is 273 g/mol. The molecule has 2 atom stereocenters. The summed E-state index contributed by atoms with van der Waals surface area (Å²) in [6.07, 6.45) is 2.60. The van der Waals surface area contributed by atoms with E-state index in [0.717, 1.165) is 0 Å². The van der Waals surface area contributed by atoms with E-state index in [0.29, 0.717) is 0 Å². The molecule has 1 aliphatic rings. The summed E-state index contributed by atoms with van der Waals surface area (Å²) in [6, 6.07) is 1.44. The van der Waals surface area contributed by atoms with Crippen LogP contribution in [0, 0.1) is 0 Å². The highest BCUT2D eigenvalue weighted by molar-refractivity contribution is 7.51. The van der Waals surface area contributed by atoms with Crippen molar-refractivity contribution in [1.82, 2.24) is 9.55 Å². The fourth-order valence-electron chi connectivity index (χ4n) is 1.60. The predicted octanol–water partition coefficient (Wildman–Crippen LogP) is -0.543. The lowest BCUT2D eigenvalue weighted by Gasteiger charge is -2.16. The molecule has 4 N–H and O–H groups in total. The average molecular weight is 273 g/mol. The highest BCUT2D eigenvalue weighted by Gasteiger charge is 2.27. The van der Waals surface area contributed by atoms with Crippen LogP contribution in [0.3, 0.4) is 0 Å². The van der Waals surface area contributed by atoms with E-state index in [2.05, 4.69) is 4.98 Å². The van der Waals surface area contributed by atoms with Gasteiger partial charge in [0, 0.05) is 6.20 Å². The fraction of sp³-hybridized carbons (Fsp3) is 0.333. The number of aromatic nitrogens is 2. The number of hydrogen-bond acceptors (Lipinski definition) is 5. The van der Waals surface area contributed by atoms with Crippen LogP contribution in [0.4, 0.5) is 5.82 Å². The maximum absolute atomic E-state index is 11.5. The van der Waals surface area contributed by atoms with Gasteiger partial charge in [-0.05, 0) is 12.1 Å². The number of nitrogen functional groups attached to an aromatic ring is 1. The normalized spacial score (nSPS) is 23.4. The van der Waals surface area contributed by atoms with Crippen molar-refractivity contribution in [3.05, 3.63) is 34.9 Å². The van der Waals surface area contributed by atoms with Gasteiger partial charge in [0.2, 0.25) is 0 Å². The molecule has 1 aliphatic heterocycles. The number of hydrogen-bond donors (Lipinski definition) is 3. The molecular weight excluding hydrogens is 261 g/mol. The smallest absolute Gasteiger partial charge is 0.351 e. The quantitative estimate of drug-likeness (QED) is 0.498. The third-order valence-electron chi connectivity index (χ3n) is 2.35. The van der Waals surface area contributed by atoms with E-state index in [4.69, 9.17) is 20.3 Å². The zero-order valence-corrected chi connectivity index (χ0v) is 10.1. The van der Waals surface area contributed by atoms with E-state index in [1.54, 1.807) is 6.08 Å². The predicted molar refractivity (Wildman–Crippen MR) is 62.9 cm³/mol. The van der Waals surface area contributed by atoms with Crippen molar-refractivity contribution in [3.8, 4) is 0 Å². The first-order valence-electron chi connectivity index (χ1n) is 5.08. The summed E-state index contributed by atoms with van der Waals surface area (Å²) in [4.78, 5) is 32.7. The molecule has 0 aromatic carbocycles. The van der Waals surface area contributed by atoms with Crippen LogP contribution in [-0.4, -0.2) is 31.6 Å². The second-order valence-corrected chi connectivity index (χ2v) is 5.53. The first kappa shape index (κ1) is 13.0. The van der Waals surface area contributed by atoms with Crippen molar-refractivity contribution in [2.45, 2.75) is 12.3 Å². The number of rotatable bonds is 3.